The number of rotatable bonds is 1. The van der Waals surface area contributed by atoms with Gasteiger partial charge in [-0.15, -0.1) is 11.8 Å². The zero-order chi connectivity index (χ0) is 11.0. The van der Waals surface area contributed by atoms with E-state index in [0.29, 0.717) is 11.9 Å². The summed E-state index contributed by atoms with van der Waals surface area (Å²) in [5, 5.41) is 3.72. The lowest BCUT2D eigenvalue weighted by Crippen LogP contribution is -2.50. The van der Waals surface area contributed by atoms with Crippen LogP contribution in [-0.2, 0) is 4.79 Å². The van der Waals surface area contributed by atoms with Crippen molar-refractivity contribution in [3.63, 3.8) is 0 Å². The van der Waals surface area contributed by atoms with Crippen molar-refractivity contribution < 1.29 is 4.79 Å². The molecule has 0 aromatic rings. The first kappa shape index (κ1) is 10.9. The van der Waals surface area contributed by atoms with E-state index in [1.54, 1.807) is 0 Å². The highest BCUT2D eigenvalue weighted by atomic mass is 32.2. The van der Waals surface area contributed by atoms with Crippen molar-refractivity contribution in [3.05, 3.63) is 0 Å². The van der Waals surface area contributed by atoms with Gasteiger partial charge in [0.15, 0.2) is 0 Å². The normalized spacial score (nSPS) is 38.8. The van der Waals surface area contributed by atoms with E-state index >= 15 is 0 Å². The van der Waals surface area contributed by atoms with Crippen molar-refractivity contribution in [1.82, 2.24) is 10.2 Å². The van der Waals surface area contributed by atoms with Crippen LogP contribution in [0.5, 0.6) is 0 Å². The highest BCUT2D eigenvalue weighted by molar-refractivity contribution is 8.00. The van der Waals surface area contributed by atoms with Gasteiger partial charge in [-0.3, -0.25) is 4.79 Å². The second kappa shape index (κ2) is 4.57. The molecule has 0 spiro atoms. The number of nitrogens with zero attached hydrogens (tertiary/aromatic N) is 1. The molecule has 0 aliphatic carbocycles. The maximum atomic E-state index is 12.4. The number of hydrogen-bond donors (Lipinski definition) is 1. The van der Waals surface area contributed by atoms with Crippen molar-refractivity contribution in [1.29, 1.82) is 0 Å². The molecule has 3 atom stereocenters. The standard InChI is InChI=1S/C12H20N2OS/c15-12(11-4-2-6-16-11)14-5-1-3-9-7-13-8-10(9)14/h9-11,13H,1-8H2. The average molecular weight is 240 g/mol. The van der Waals surface area contributed by atoms with Gasteiger partial charge in [-0.2, -0.15) is 0 Å². The van der Waals surface area contributed by atoms with Gasteiger partial charge in [0, 0.05) is 25.7 Å². The van der Waals surface area contributed by atoms with Crippen LogP contribution in [0.25, 0.3) is 0 Å². The molecule has 1 amide bonds. The lowest BCUT2D eigenvalue weighted by molar-refractivity contribution is -0.134. The second-order valence-electron chi connectivity index (χ2n) is 5.16. The summed E-state index contributed by atoms with van der Waals surface area (Å²) >= 11 is 1.87. The first-order chi connectivity index (χ1) is 7.86. The molecule has 3 nitrogen and oxygen atoms in total. The Bertz CT molecular complexity index is 278. The fourth-order valence-corrected chi connectivity index (χ4v) is 4.53. The largest absolute Gasteiger partial charge is 0.337 e. The maximum Gasteiger partial charge on any atom is 0.235 e. The number of likely N-dealkylation sites (tertiary alicyclic amines) is 1. The van der Waals surface area contributed by atoms with Crippen LogP contribution in [0.4, 0.5) is 0 Å². The van der Waals surface area contributed by atoms with Crippen LogP contribution in [0.1, 0.15) is 25.7 Å². The number of fused-ring (bicyclic) bond motifs is 1. The summed E-state index contributed by atoms with van der Waals surface area (Å²) in [6.07, 6.45) is 4.83. The molecule has 3 fully saturated rings. The molecule has 0 radical (unpaired) electrons. The highest BCUT2D eigenvalue weighted by Gasteiger charge is 2.39. The maximum absolute atomic E-state index is 12.4. The van der Waals surface area contributed by atoms with Gasteiger partial charge in [0.05, 0.1) is 5.25 Å². The third-order valence-electron chi connectivity index (χ3n) is 4.17. The van der Waals surface area contributed by atoms with Crippen molar-refractivity contribution in [2.24, 2.45) is 5.92 Å². The molecule has 3 saturated heterocycles. The van der Waals surface area contributed by atoms with Gasteiger partial charge < -0.3 is 10.2 Å². The third kappa shape index (κ3) is 1.86. The number of carbonyl (C=O) groups excluding carboxylic acids is 1. The second-order valence-corrected chi connectivity index (χ2v) is 6.47. The molecule has 0 aromatic carbocycles. The summed E-state index contributed by atoms with van der Waals surface area (Å²) in [6, 6.07) is 0.502. The van der Waals surface area contributed by atoms with E-state index in [2.05, 4.69) is 10.2 Å². The van der Waals surface area contributed by atoms with Crippen molar-refractivity contribution in [2.75, 3.05) is 25.4 Å². The van der Waals surface area contributed by atoms with Crippen LogP contribution < -0.4 is 5.32 Å². The topological polar surface area (TPSA) is 32.3 Å². The molecule has 0 bridgehead atoms. The first-order valence-electron chi connectivity index (χ1n) is 6.49. The predicted molar refractivity (Wildman–Crippen MR) is 66.6 cm³/mol. The Morgan fingerprint density at radius 2 is 2.19 bits per heavy atom. The summed E-state index contributed by atoms with van der Waals surface area (Å²) < 4.78 is 0. The number of piperidine rings is 1. The molecule has 3 aliphatic heterocycles. The van der Waals surface area contributed by atoms with Crippen LogP contribution in [-0.4, -0.2) is 47.5 Å². The molecule has 0 saturated carbocycles. The molecule has 4 heteroatoms. The minimum Gasteiger partial charge on any atom is -0.337 e. The zero-order valence-electron chi connectivity index (χ0n) is 9.65. The van der Waals surface area contributed by atoms with Crippen molar-refractivity contribution in [2.45, 2.75) is 37.0 Å². The highest BCUT2D eigenvalue weighted by Crippen LogP contribution is 2.32. The van der Waals surface area contributed by atoms with Gasteiger partial charge in [-0.1, -0.05) is 0 Å². The summed E-state index contributed by atoms with van der Waals surface area (Å²) in [4.78, 5) is 14.6. The van der Waals surface area contributed by atoms with Gasteiger partial charge in [-0.25, -0.2) is 0 Å². The van der Waals surface area contributed by atoms with E-state index < -0.39 is 0 Å². The molecule has 90 valence electrons. The summed E-state index contributed by atoms with van der Waals surface area (Å²) in [7, 11) is 0. The molecular weight excluding hydrogens is 220 g/mol. The van der Waals surface area contributed by atoms with E-state index in [1.165, 1.54) is 25.0 Å². The predicted octanol–water partition coefficient (Wildman–Crippen LogP) is 1.09. The summed E-state index contributed by atoms with van der Waals surface area (Å²) in [5.74, 6) is 2.33. The third-order valence-corrected chi connectivity index (χ3v) is 5.53. The summed E-state index contributed by atoms with van der Waals surface area (Å²) in [5.41, 5.74) is 0. The van der Waals surface area contributed by atoms with Crippen LogP contribution >= 0.6 is 11.8 Å². The monoisotopic (exact) mass is 240 g/mol. The molecular formula is C12H20N2OS. The average Bonchev–Trinajstić information content (AvgIpc) is 2.98. The molecule has 3 unspecified atom stereocenters. The Hall–Kier alpha value is -0.220. The minimum atomic E-state index is 0.277. The van der Waals surface area contributed by atoms with E-state index in [-0.39, 0.29) is 5.25 Å². The number of thioether (sulfide) groups is 1. The molecule has 1 N–H and O–H groups in total. The van der Waals surface area contributed by atoms with Crippen LogP contribution in [0.2, 0.25) is 0 Å². The quantitative estimate of drug-likeness (QED) is 0.745. The van der Waals surface area contributed by atoms with E-state index in [4.69, 9.17) is 0 Å². The van der Waals surface area contributed by atoms with Gasteiger partial charge in [0.2, 0.25) is 5.91 Å². The fourth-order valence-electron chi connectivity index (χ4n) is 3.30. The van der Waals surface area contributed by atoms with Gasteiger partial charge in [-0.05, 0) is 37.4 Å². The number of hydrogen-bond acceptors (Lipinski definition) is 3. The van der Waals surface area contributed by atoms with Gasteiger partial charge in [0.1, 0.15) is 0 Å². The van der Waals surface area contributed by atoms with Crippen LogP contribution in [0.15, 0.2) is 0 Å². The number of carbonyl (C=O) groups is 1. The molecule has 3 rings (SSSR count). The number of nitrogens with one attached hydrogen (secondary N) is 1. The lowest BCUT2D eigenvalue weighted by atomic mass is 9.91. The molecule has 3 aliphatic rings. The molecule has 16 heavy (non-hydrogen) atoms. The first-order valence-corrected chi connectivity index (χ1v) is 7.54. The van der Waals surface area contributed by atoms with Crippen molar-refractivity contribution >= 4 is 17.7 Å². The van der Waals surface area contributed by atoms with E-state index in [9.17, 15) is 4.79 Å². The van der Waals surface area contributed by atoms with Gasteiger partial charge >= 0.3 is 0 Å². The summed E-state index contributed by atoms with van der Waals surface area (Å²) in [6.45, 7) is 3.14. The SMILES string of the molecule is O=C(C1CCCS1)N1CCCC2CNCC21. The Labute approximate surface area is 101 Å². The molecule has 0 aromatic heterocycles. The Morgan fingerprint density at radius 1 is 1.25 bits per heavy atom. The smallest absolute Gasteiger partial charge is 0.235 e. The Kier molecular flexibility index (Phi) is 3.11. The zero-order valence-corrected chi connectivity index (χ0v) is 10.5. The Balaban J connectivity index is 1.70. The minimum absolute atomic E-state index is 0.277. The van der Waals surface area contributed by atoms with E-state index in [0.717, 1.165) is 32.0 Å². The van der Waals surface area contributed by atoms with Crippen molar-refractivity contribution in [3.8, 4) is 0 Å². The van der Waals surface area contributed by atoms with Gasteiger partial charge in [0.25, 0.3) is 0 Å². The lowest BCUT2D eigenvalue weighted by Gasteiger charge is -2.38. The van der Waals surface area contributed by atoms with Crippen LogP contribution in [0, 0.1) is 5.92 Å². The van der Waals surface area contributed by atoms with Crippen LogP contribution in [0.3, 0.4) is 0 Å². The van der Waals surface area contributed by atoms with E-state index in [1.807, 2.05) is 11.8 Å². The fraction of sp³-hybridized carbons (Fsp3) is 0.917. The Morgan fingerprint density at radius 3 is 3.00 bits per heavy atom. The molecule has 3 heterocycles. The number of amides is 1.